The maximum absolute atomic E-state index is 14.7. The number of para-hydroxylation sites is 2. The van der Waals surface area contributed by atoms with Crippen molar-refractivity contribution >= 4 is 39.1 Å². The summed E-state index contributed by atoms with van der Waals surface area (Å²) in [6.45, 7) is 6.07. The van der Waals surface area contributed by atoms with E-state index in [9.17, 15) is 18.0 Å². The van der Waals surface area contributed by atoms with Gasteiger partial charge >= 0.3 is 0 Å². The van der Waals surface area contributed by atoms with E-state index >= 15 is 0 Å². The Kier molecular flexibility index (Phi) is 12.8. The van der Waals surface area contributed by atoms with Gasteiger partial charge < -0.3 is 15.0 Å². The number of amides is 2. The number of hydrogen-bond acceptors (Lipinski definition) is 5. The van der Waals surface area contributed by atoms with Crippen LogP contribution >= 0.6 is 11.6 Å². The second kappa shape index (κ2) is 17.0. The zero-order valence-electron chi connectivity index (χ0n) is 27.1. The van der Waals surface area contributed by atoms with E-state index in [1.165, 1.54) is 29.2 Å². The van der Waals surface area contributed by atoms with E-state index in [2.05, 4.69) is 5.32 Å². The fourth-order valence-corrected chi connectivity index (χ4v) is 6.81. The minimum Gasteiger partial charge on any atom is -0.492 e. The first-order valence-electron chi connectivity index (χ1n) is 15.8. The predicted octanol–water partition coefficient (Wildman–Crippen LogP) is 6.80. The van der Waals surface area contributed by atoms with E-state index in [1.807, 2.05) is 68.4 Å². The van der Waals surface area contributed by atoms with Crippen LogP contribution in [-0.2, 0) is 32.6 Å². The molecule has 0 heterocycles. The summed E-state index contributed by atoms with van der Waals surface area (Å²) in [5.41, 5.74) is 2.90. The monoisotopic (exact) mass is 675 g/mol. The summed E-state index contributed by atoms with van der Waals surface area (Å²) < 4.78 is 35.5. The van der Waals surface area contributed by atoms with Crippen molar-refractivity contribution in [3.63, 3.8) is 0 Å². The van der Waals surface area contributed by atoms with Crippen LogP contribution in [0.1, 0.15) is 43.4 Å². The average Bonchev–Trinajstić information content (AvgIpc) is 3.06. The van der Waals surface area contributed by atoms with Crippen molar-refractivity contribution in [3.05, 3.63) is 125 Å². The van der Waals surface area contributed by atoms with Crippen molar-refractivity contribution in [2.75, 3.05) is 24.0 Å². The second-order valence-corrected chi connectivity index (χ2v) is 13.5. The SMILES string of the molecule is CCCCNC(=O)[C@H](Cc1ccccc1)N(Cc1cccc(C)c1)C(=O)CN(c1ccccc1OCC)S(=O)(=O)c1ccc(Cl)cc1. The Balaban J connectivity index is 1.83. The second-order valence-electron chi connectivity index (χ2n) is 11.2. The largest absolute Gasteiger partial charge is 0.492 e. The summed E-state index contributed by atoms with van der Waals surface area (Å²) in [5.74, 6) is -0.532. The van der Waals surface area contributed by atoms with Crippen molar-refractivity contribution in [1.82, 2.24) is 10.2 Å². The number of benzene rings is 4. The van der Waals surface area contributed by atoms with Crippen LogP contribution in [0.2, 0.25) is 5.02 Å². The molecule has 0 radical (unpaired) electrons. The standard InChI is InChI=1S/C37H42ClN3O5S/c1-4-6-23-39-37(43)34(25-29-14-8-7-9-15-29)40(26-30-16-12-13-28(3)24-30)36(42)27-41(33-17-10-11-18-35(33)46-5-2)47(44,45)32-21-19-31(38)20-22-32/h7-22,24,34H,4-6,23,25-27H2,1-3H3,(H,39,43)/t34-/m0/s1. The lowest BCUT2D eigenvalue weighted by atomic mass is 10.0. The summed E-state index contributed by atoms with van der Waals surface area (Å²) in [7, 11) is -4.30. The van der Waals surface area contributed by atoms with E-state index in [4.69, 9.17) is 16.3 Å². The lowest BCUT2D eigenvalue weighted by Gasteiger charge is -2.34. The molecule has 4 aromatic rings. The summed E-state index contributed by atoms with van der Waals surface area (Å²) in [4.78, 5) is 30.0. The molecule has 248 valence electrons. The number of rotatable bonds is 16. The van der Waals surface area contributed by atoms with Crippen LogP contribution in [0.5, 0.6) is 5.75 Å². The van der Waals surface area contributed by atoms with Gasteiger partial charge in [-0.2, -0.15) is 0 Å². The molecular formula is C37H42ClN3O5S. The molecule has 8 nitrogen and oxygen atoms in total. The molecule has 0 aliphatic carbocycles. The highest BCUT2D eigenvalue weighted by Crippen LogP contribution is 2.33. The van der Waals surface area contributed by atoms with E-state index in [0.717, 1.165) is 33.8 Å². The molecule has 47 heavy (non-hydrogen) atoms. The molecule has 0 spiro atoms. The Bertz CT molecular complexity index is 1730. The minimum atomic E-state index is -4.30. The van der Waals surface area contributed by atoms with Gasteiger partial charge in [-0.15, -0.1) is 0 Å². The van der Waals surface area contributed by atoms with Crippen LogP contribution in [-0.4, -0.2) is 50.9 Å². The van der Waals surface area contributed by atoms with Gasteiger partial charge in [0.2, 0.25) is 11.8 Å². The maximum atomic E-state index is 14.7. The lowest BCUT2D eigenvalue weighted by Crippen LogP contribution is -2.53. The first-order valence-corrected chi connectivity index (χ1v) is 17.6. The quantitative estimate of drug-likeness (QED) is 0.132. The predicted molar refractivity (Wildman–Crippen MR) is 187 cm³/mol. The first kappa shape index (κ1) is 35.5. The minimum absolute atomic E-state index is 0.0376. The van der Waals surface area contributed by atoms with Crippen LogP contribution in [0.4, 0.5) is 5.69 Å². The molecule has 2 amide bonds. The fraction of sp³-hybridized carbons (Fsp3) is 0.297. The lowest BCUT2D eigenvalue weighted by molar-refractivity contribution is -0.140. The molecule has 0 aromatic heterocycles. The maximum Gasteiger partial charge on any atom is 0.264 e. The van der Waals surface area contributed by atoms with Crippen LogP contribution in [0.25, 0.3) is 0 Å². The number of nitrogens with one attached hydrogen (secondary N) is 1. The van der Waals surface area contributed by atoms with E-state index < -0.39 is 28.5 Å². The zero-order chi connectivity index (χ0) is 33.8. The van der Waals surface area contributed by atoms with Crippen LogP contribution < -0.4 is 14.4 Å². The smallest absolute Gasteiger partial charge is 0.264 e. The van der Waals surface area contributed by atoms with Gasteiger partial charge in [0.1, 0.15) is 18.3 Å². The zero-order valence-corrected chi connectivity index (χ0v) is 28.6. The Morgan fingerprint density at radius 3 is 2.23 bits per heavy atom. The van der Waals surface area contributed by atoms with Crippen molar-refractivity contribution < 1.29 is 22.7 Å². The molecule has 4 aromatic carbocycles. The fourth-order valence-electron chi connectivity index (χ4n) is 5.26. The number of carbonyl (C=O) groups excluding carboxylic acids is 2. The number of sulfonamides is 1. The molecule has 0 aliphatic heterocycles. The van der Waals surface area contributed by atoms with Gasteiger partial charge in [0.05, 0.1) is 17.2 Å². The highest BCUT2D eigenvalue weighted by atomic mass is 35.5. The molecule has 1 atom stereocenters. The van der Waals surface area contributed by atoms with Crippen molar-refractivity contribution in [2.24, 2.45) is 0 Å². The Labute approximate surface area is 283 Å². The molecule has 0 saturated heterocycles. The third kappa shape index (κ3) is 9.59. The van der Waals surface area contributed by atoms with Crippen LogP contribution in [0, 0.1) is 6.92 Å². The van der Waals surface area contributed by atoms with E-state index in [0.29, 0.717) is 17.3 Å². The summed E-state index contributed by atoms with van der Waals surface area (Å²) in [5, 5.41) is 3.39. The van der Waals surface area contributed by atoms with Gasteiger partial charge in [-0.1, -0.05) is 97.2 Å². The number of halogens is 1. The normalized spacial score (nSPS) is 11.8. The van der Waals surface area contributed by atoms with Gasteiger partial charge in [-0.05, 0) is 67.8 Å². The van der Waals surface area contributed by atoms with Crippen molar-refractivity contribution in [2.45, 2.75) is 57.5 Å². The molecule has 0 bridgehead atoms. The number of aryl methyl sites for hydroxylation is 1. The molecule has 10 heteroatoms. The summed E-state index contributed by atoms with van der Waals surface area (Å²) in [6, 6.07) is 28.8. The number of anilines is 1. The summed E-state index contributed by atoms with van der Waals surface area (Å²) >= 11 is 6.09. The third-order valence-corrected chi connectivity index (χ3v) is 9.68. The van der Waals surface area contributed by atoms with Gasteiger partial charge in [0, 0.05) is 24.5 Å². The van der Waals surface area contributed by atoms with E-state index in [-0.39, 0.29) is 36.1 Å². The number of hydrogen-bond donors (Lipinski definition) is 1. The Morgan fingerprint density at radius 1 is 0.872 bits per heavy atom. The number of nitrogens with zero attached hydrogens (tertiary/aromatic N) is 2. The van der Waals surface area contributed by atoms with Gasteiger partial charge in [0.15, 0.2) is 0 Å². The molecular weight excluding hydrogens is 634 g/mol. The molecule has 4 rings (SSSR count). The highest BCUT2D eigenvalue weighted by molar-refractivity contribution is 7.92. The highest BCUT2D eigenvalue weighted by Gasteiger charge is 2.35. The number of ether oxygens (including phenoxy) is 1. The molecule has 0 saturated carbocycles. The van der Waals surface area contributed by atoms with Crippen molar-refractivity contribution in [3.8, 4) is 5.75 Å². The van der Waals surface area contributed by atoms with Gasteiger partial charge in [-0.25, -0.2) is 8.42 Å². The topological polar surface area (TPSA) is 96.0 Å². The molecule has 1 N–H and O–H groups in total. The number of carbonyl (C=O) groups is 2. The molecule has 0 aliphatic rings. The first-order chi connectivity index (χ1) is 22.6. The van der Waals surface area contributed by atoms with Crippen LogP contribution in [0.3, 0.4) is 0 Å². The van der Waals surface area contributed by atoms with Gasteiger partial charge in [0.25, 0.3) is 10.0 Å². The van der Waals surface area contributed by atoms with E-state index in [1.54, 1.807) is 31.2 Å². The molecule has 0 unspecified atom stereocenters. The van der Waals surface area contributed by atoms with Crippen molar-refractivity contribution in [1.29, 1.82) is 0 Å². The Hall–Kier alpha value is -4.34. The van der Waals surface area contributed by atoms with Gasteiger partial charge in [-0.3, -0.25) is 13.9 Å². The Morgan fingerprint density at radius 2 is 1.55 bits per heavy atom. The molecule has 0 fully saturated rings. The third-order valence-electron chi connectivity index (χ3n) is 7.65. The number of unbranched alkanes of at least 4 members (excludes halogenated alkanes) is 1. The average molecular weight is 676 g/mol. The summed E-state index contributed by atoms with van der Waals surface area (Å²) in [6.07, 6.45) is 1.93. The van der Waals surface area contributed by atoms with Crippen LogP contribution in [0.15, 0.2) is 108 Å².